The number of hydrogen-bond acceptors (Lipinski definition) is 3. The van der Waals surface area contributed by atoms with Crippen LogP contribution in [0.1, 0.15) is 44.1 Å². The van der Waals surface area contributed by atoms with Gasteiger partial charge in [-0.2, -0.15) is 13.2 Å². The van der Waals surface area contributed by atoms with Crippen molar-refractivity contribution in [3.05, 3.63) is 33.9 Å². The van der Waals surface area contributed by atoms with Gasteiger partial charge in [0.15, 0.2) is 0 Å². The van der Waals surface area contributed by atoms with E-state index in [-0.39, 0.29) is 11.2 Å². The highest BCUT2D eigenvalue weighted by atomic mass is 19.4. The van der Waals surface area contributed by atoms with Gasteiger partial charge in [-0.3, -0.25) is 10.1 Å². The Morgan fingerprint density at radius 3 is 2.08 bits per heavy atom. The quantitative estimate of drug-likeness (QED) is 0.623. The van der Waals surface area contributed by atoms with E-state index in [1.165, 1.54) is 25.3 Å². The Bertz CT molecular complexity index is 652. The Hall–Kier alpha value is -1.79. The van der Waals surface area contributed by atoms with Gasteiger partial charge < -0.3 is 5.32 Å². The largest absolute Gasteiger partial charge is 0.416 e. The maximum atomic E-state index is 12.8. The number of nitro groups is 1. The van der Waals surface area contributed by atoms with Crippen molar-refractivity contribution in [1.82, 2.24) is 0 Å². The molecule has 0 spiro atoms. The van der Waals surface area contributed by atoms with E-state index in [0.29, 0.717) is 23.8 Å². The molecule has 5 rings (SSSR count). The Kier molecular flexibility index (Phi) is 3.34. The fourth-order valence-electron chi connectivity index (χ4n) is 5.51. The number of nitro benzene ring substituents is 1. The molecule has 1 aromatic rings. The lowest BCUT2D eigenvalue weighted by Crippen LogP contribution is -2.54. The molecule has 0 aliphatic heterocycles. The van der Waals surface area contributed by atoms with Crippen LogP contribution in [0.2, 0.25) is 0 Å². The highest BCUT2D eigenvalue weighted by molar-refractivity contribution is 5.64. The number of nitrogens with one attached hydrogen (secondary N) is 1. The Morgan fingerprint density at radius 1 is 1.08 bits per heavy atom. The van der Waals surface area contributed by atoms with Crippen LogP contribution in [-0.2, 0) is 6.18 Å². The molecule has 0 saturated heterocycles. The van der Waals surface area contributed by atoms with Crippen molar-refractivity contribution in [2.45, 2.75) is 50.2 Å². The number of benzene rings is 1. The Labute approximate surface area is 137 Å². The summed E-state index contributed by atoms with van der Waals surface area (Å²) < 4.78 is 38.5. The molecule has 0 heterocycles. The molecule has 1 aromatic carbocycles. The summed E-state index contributed by atoms with van der Waals surface area (Å²) in [6.07, 6.45) is 2.03. The number of hydrogen-bond donors (Lipinski definition) is 1. The van der Waals surface area contributed by atoms with Crippen LogP contribution in [0.4, 0.5) is 24.5 Å². The average Bonchev–Trinajstić information content (AvgIpc) is 2.44. The van der Waals surface area contributed by atoms with Crippen molar-refractivity contribution in [3.8, 4) is 0 Å². The first-order valence-corrected chi connectivity index (χ1v) is 8.38. The van der Waals surface area contributed by atoms with Crippen LogP contribution in [0.15, 0.2) is 18.2 Å². The third kappa shape index (κ3) is 2.63. The van der Waals surface area contributed by atoms with Crippen molar-refractivity contribution in [3.63, 3.8) is 0 Å². The van der Waals surface area contributed by atoms with E-state index in [1.54, 1.807) is 0 Å². The second-order valence-corrected chi connectivity index (χ2v) is 7.81. The Morgan fingerprint density at radius 2 is 1.62 bits per heavy atom. The summed E-state index contributed by atoms with van der Waals surface area (Å²) in [5.41, 5.74) is -1.43. The zero-order valence-corrected chi connectivity index (χ0v) is 13.1. The van der Waals surface area contributed by atoms with E-state index >= 15 is 0 Å². The number of alkyl halides is 3. The zero-order valence-electron chi connectivity index (χ0n) is 13.1. The first-order chi connectivity index (χ1) is 11.2. The molecule has 0 aromatic heterocycles. The van der Waals surface area contributed by atoms with Crippen LogP contribution < -0.4 is 5.32 Å². The lowest BCUT2D eigenvalue weighted by atomic mass is 9.53. The lowest BCUT2D eigenvalue weighted by molar-refractivity contribution is -0.384. The van der Waals surface area contributed by atoms with E-state index in [0.717, 1.165) is 25.3 Å². The fraction of sp³-hybridized carbons (Fsp3) is 0.647. The predicted molar refractivity (Wildman–Crippen MR) is 82.6 cm³/mol. The molecule has 0 atom stereocenters. The zero-order chi connectivity index (χ0) is 17.1. The molecule has 24 heavy (non-hydrogen) atoms. The Balaban J connectivity index is 1.66. The van der Waals surface area contributed by atoms with Crippen molar-refractivity contribution in [1.29, 1.82) is 0 Å². The van der Waals surface area contributed by atoms with E-state index < -0.39 is 22.4 Å². The van der Waals surface area contributed by atoms with Crippen LogP contribution >= 0.6 is 0 Å². The van der Waals surface area contributed by atoms with Gasteiger partial charge in [0.25, 0.3) is 5.69 Å². The van der Waals surface area contributed by atoms with E-state index in [1.807, 2.05) is 0 Å². The second-order valence-electron chi connectivity index (χ2n) is 7.81. The van der Waals surface area contributed by atoms with Gasteiger partial charge >= 0.3 is 6.18 Å². The van der Waals surface area contributed by atoms with Gasteiger partial charge in [-0.1, -0.05) is 0 Å². The van der Waals surface area contributed by atoms with Gasteiger partial charge in [0, 0.05) is 11.6 Å². The monoisotopic (exact) mass is 340 g/mol. The molecule has 0 radical (unpaired) electrons. The standard InChI is InChI=1S/C17H19F3N2O2/c18-17(19,20)13-1-2-14(15(6-13)22(23)24)21-16-7-10-3-11(8-16)5-12(4-10)9-16/h1-2,6,10-12,21H,3-5,7-9H2. The van der Waals surface area contributed by atoms with Crippen LogP contribution in [0.3, 0.4) is 0 Å². The van der Waals surface area contributed by atoms with Crippen LogP contribution in [0, 0.1) is 27.9 Å². The van der Waals surface area contributed by atoms with Gasteiger partial charge in [-0.05, 0) is 68.4 Å². The van der Waals surface area contributed by atoms with Crippen molar-refractivity contribution in [2.24, 2.45) is 17.8 Å². The minimum absolute atomic E-state index is 0.181. The average molecular weight is 340 g/mol. The molecule has 0 amide bonds. The molecule has 4 aliphatic carbocycles. The lowest BCUT2D eigenvalue weighted by Gasteiger charge is -2.57. The summed E-state index contributed by atoms with van der Waals surface area (Å²) in [7, 11) is 0. The third-order valence-corrected chi connectivity index (χ3v) is 5.96. The maximum Gasteiger partial charge on any atom is 0.416 e. The van der Waals surface area contributed by atoms with E-state index in [2.05, 4.69) is 5.32 Å². The van der Waals surface area contributed by atoms with Gasteiger partial charge in [0.05, 0.1) is 10.5 Å². The maximum absolute atomic E-state index is 12.8. The fourth-order valence-corrected chi connectivity index (χ4v) is 5.51. The molecule has 1 N–H and O–H groups in total. The predicted octanol–water partition coefficient (Wildman–Crippen LogP) is 4.99. The molecule has 4 saturated carbocycles. The highest BCUT2D eigenvalue weighted by Gasteiger charge is 2.51. The normalized spacial score (nSPS) is 34.4. The summed E-state index contributed by atoms with van der Waals surface area (Å²) in [5.74, 6) is 1.95. The first kappa shape index (κ1) is 15.7. The van der Waals surface area contributed by atoms with Crippen LogP contribution in [0.5, 0.6) is 0 Å². The van der Waals surface area contributed by atoms with Crippen LogP contribution in [-0.4, -0.2) is 10.5 Å². The first-order valence-electron chi connectivity index (χ1n) is 8.38. The summed E-state index contributed by atoms with van der Waals surface area (Å²) in [6, 6.07) is 2.79. The number of rotatable bonds is 3. The van der Waals surface area contributed by atoms with Gasteiger partial charge in [0.1, 0.15) is 5.69 Å². The summed E-state index contributed by atoms with van der Waals surface area (Å²) in [4.78, 5) is 10.6. The smallest absolute Gasteiger partial charge is 0.374 e. The van der Waals surface area contributed by atoms with Crippen molar-refractivity contribution in [2.75, 3.05) is 5.32 Å². The number of nitrogens with zero attached hydrogens (tertiary/aromatic N) is 1. The van der Waals surface area contributed by atoms with Gasteiger partial charge in [0.2, 0.25) is 0 Å². The minimum Gasteiger partial charge on any atom is -0.374 e. The molecular weight excluding hydrogens is 321 g/mol. The molecule has 0 unspecified atom stereocenters. The topological polar surface area (TPSA) is 55.2 Å². The summed E-state index contributed by atoms with van der Waals surface area (Å²) >= 11 is 0. The molecule has 4 aliphatic rings. The van der Waals surface area contributed by atoms with E-state index in [4.69, 9.17) is 0 Å². The number of halogens is 3. The highest BCUT2D eigenvalue weighted by Crippen LogP contribution is 2.57. The molecule has 4 fully saturated rings. The van der Waals surface area contributed by atoms with Gasteiger partial charge in [-0.15, -0.1) is 0 Å². The summed E-state index contributed by atoms with van der Waals surface area (Å²) in [5, 5.41) is 14.6. The molecule has 4 nitrogen and oxygen atoms in total. The number of anilines is 1. The van der Waals surface area contributed by atoms with Crippen molar-refractivity contribution < 1.29 is 18.1 Å². The van der Waals surface area contributed by atoms with Gasteiger partial charge in [-0.25, -0.2) is 0 Å². The third-order valence-electron chi connectivity index (χ3n) is 5.96. The molecule has 4 bridgehead atoms. The SMILES string of the molecule is O=[N+]([O-])c1cc(C(F)(F)F)ccc1NC12CC3CC(CC(C3)C1)C2. The molecule has 130 valence electrons. The summed E-state index contributed by atoms with van der Waals surface area (Å²) in [6.45, 7) is 0. The van der Waals surface area contributed by atoms with Crippen LogP contribution in [0.25, 0.3) is 0 Å². The molecule has 7 heteroatoms. The second kappa shape index (κ2) is 5.10. The van der Waals surface area contributed by atoms with E-state index in [9.17, 15) is 23.3 Å². The van der Waals surface area contributed by atoms with Crippen molar-refractivity contribution >= 4 is 11.4 Å². The molecular formula is C17H19F3N2O2. The minimum atomic E-state index is -4.58.